The molecule has 2 aromatic rings. The van der Waals surface area contributed by atoms with Crippen LogP contribution in [-0.2, 0) is 16.1 Å². The standard InChI is InChI=1S/C23H30N2O3/c24-20-6-4-5-19(13-20)23-27-21(15-25-11-2-1-3-12-25)14-22(28-23)18-9-7-17(16-26)8-10-18/h4-10,13,21-23,26H,1-3,11-12,14-16,24H2. The van der Waals surface area contributed by atoms with Crippen molar-refractivity contribution in [3.05, 3.63) is 65.2 Å². The average Bonchev–Trinajstić information content (AvgIpc) is 2.74. The average molecular weight is 383 g/mol. The number of nitrogens with two attached hydrogens (primary N) is 1. The van der Waals surface area contributed by atoms with Crippen LogP contribution in [0.1, 0.15) is 54.8 Å². The van der Waals surface area contributed by atoms with Crippen LogP contribution in [0.5, 0.6) is 0 Å². The zero-order valence-electron chi connectivity index (χ0n) is 16.3. The van der Waals surface area contributed by atoms with Crippen LogP contribution in [-0.4, -0.2) is 35.7 Å². The summed E-state index contributed by atoms with van der Waals surface area (Å²) in [5.41, 5.74) is 9.69. The van der Waals surface area contributed by atoms with E-state index in [2.05, 4.69) is 17.0 Å². The summed E-state index contributed by atoms with van der Waals surface area (Å²) in [4.78, 5) is 2.52. The molecule has 5 nitrogen and oxygen atoms in total. The topological polar surface area (TPSA) is 68.0 Å². The SMILES string of the molecule is Nc1cccc(C2OC(CN3CCCCC3)CC(c3ccc(CO)cc3)O2)c1. The molecular formula is C23H30N2O3. The van der Waals surface area contributed by atoms with Gasteiger partial charge in [-0.05, 0) is 49.2 Å². The van der Waals surface area contributed by atoms with E-state index in [4.69, 9.17) is 15.2 Å². The molecule has 2 heterocycles. The molecule has 2 fully saturated rings. The molecule has 3 unspecified atom stereocenters. The second-order valence-electron chi connectivity index (χ2n) is 7.88. The fourth-order valence-electron chi connectivity index (χ4n) is 4.17. The fourth-order valence-corrected chi connectivity index (χ4v) is 4.17. The number of anilines is 1. The summed E-state index contributed by atoms with van der Waals surface area (Å²) in [6.07, 6.45) is 4.35. The van der Waals surface area contributed by atoms with Crippen molar-refractivity contribution in [1.29, 1.82) is 0 Å². The summed E-state index contributed by atoms with van der Waals surface area (Å²) < 4.78 is 12.7. The molecular weight excluding hydrogens is 352 g/mol. The monoisotopic (exact) mass is 382 g/mol. The minimum absolute atomic E-state index is 0.0392. The molecule has 3 N–H and O–H groups in total. The van der Waals surface area contributed by atoms with Crippen molar-refractivity contribution in [3.63, 3.8) is 0 Å². The highest BCUT2D eigenvalue weighted by molar-refractivity contribution is 5.41. The Morgan fingerprint density at radius 3 is 2.46 bits per heavy atom. The number of aliphatic hydroxyl groups is 1. The highest BCUT2D eigenvalue weighted by Crippen LogP contribution is 2.38. The van der Waals surface area contributed by atoms with Gasteiger partial charge in [-0.1, -0.05) is 42.8 Å². The first-order valence-electron chi connectivity index (χ1n) is 10.3. The van der Waals surface area contributed by atoms with Gasteiger partial charge in [0, 0.05) is 24.2 Å². The molecule has 2 aliphatic rings. The first-order valence-corrected chi connectivity index (χ1v) is 10.3. The van der Waals surface area contributed by atoms with E-state index in [0.717, 1.165) is 42.7 Å². The molecule has 3 atom stereocenters. The molecule has 2 aliphatic heterocycles. The van der Waals surface area contributed by atoms with Crippen LogP contribution < -0.4 is 5.73 Å². The van der Waals surface area contributed by atoms with E-state index in [1.165, 1.54) is 19.3 Å². The number of likely N-dealkylation sites (tertiary alicyclic amines) is 1. The third-order valence-corrected chi connectivity index (χ3v) is 5.71. The Bertz CT molecular complexity index is 759. The number of benzene rings is 2. The predicted octanol–water partition coefficient (Wildman–Crippen LogP) is 3.79. The van der Waals surface area contributed by atoms with Crippen LogP contribution in [0, 0.1) is 0 Å². The summed E-state index contributed by atoms with van der Waals surface area (Å²) in [6.45, 7) is 3.30. The largest absolute Gasteiger partial charge is 0.399 e. The summed E-state index contributed by atoms with van der Waals surface area (Å²) in [5.74, 6) is 0. The van der Waals surface area contributed by atoms with Crippen LogP contribution in [0.3, 0.4) is 0 Å². The highest BCUT2D eigenvalue weighted by Gasteiger charge is 2.33. The van der Waals surface area contributed by atoms with E-state index < -0.39 is 6.29 Å². The van der Waals surface area contributed by atoms with Crippen molar-refractivity contribution in [2.45, 2.75) is 50.8 Å². The summed E-state index contributed by atoms with van der Waals surface area (Å²) >= 11 is 0. The number of nitrogens with zero attached hydrogens (tertiary/aromatic N) is 1. The van der Waals surface area contributed by atoms with Gasteiger partial charge in [-0.25, -0.2) is 0 Å². The zero-order valence-corrected chi connectivity index (χ0v) is 16.3. The molecule has 0 aromatic heterocycles. The van der Waals surface area contributed by atoms with Crippen molar-refractivity contribution in [2.24, 2.45) is 0 Å². The first kappa shape index (κ1) is 19.4. The third kappa shape index (κ3) is 4.73. The molecule has 0 spiro atoms. The number of piperidine rings is 1. The number of ether oxygens (including phenoxy) is 2. The molecule has 0 aliphatic carbocycles. The molecule has 0 saturated carbocycles. The zero-order chi connectivity index (χ0) is 19.3. The predicted molar refractivity (Wildman–Crippen MR) is 110 cm³/mol. The fraction of sp³-hybridized carbons (Fsp3) is 0.478. The summed E-state index contributed by atoms with van der Waals surface area (Å²) in [5, 5.41) is 9.31. The number of aliphatic hydroxyl groups excluding tert-OH is 1. The Labute approximate surface area is 167 Å². The van der Waals surface area contributed by atoms with Crippen molar-refractivity contribution in [1.82, 2.24) is 4.90 Å². The van der Waals surface area contributed by atoms with Gasteiger partial charge < -0.3 is 25.2 Å². The van der Waals surface area contributed by atoms with Crippen molar-refractivity contribution in [2.75, 3.05) is 25.4 Å². The van der Waals surface area contributed by atoms with Gasteiger partial charge >= 0.3 is 0 Å². The van der Waals surface area contributed by atoms with Crippen molar-refractivity contribution in [3.8, 4) is 0 Å². The molecule has 5 heteroatoms. The number of hydrogen-bond acceptors (Lipinski definition) is 5. The molecule has 150 valence electrons. The summed E-state index contributed by atoms with van der Waals surface area (Å²) in [7, 11) is 0. The minimum atomic E-state index is -0.422. The lowest BCUT2D eigenvalue weighted by Crippen LogP contribution is -2.41. The quantitative estimate of drug-likeness (QED) is 0.770. The molecule has 2 aromatic carbocycles. The van der Waals surface area contributed by atoms with Gasteiger partial charge in [-0.2, -0.15) is 0 Å². The molecule has 0 radical (unpaired) electrons. The van der Waals surface area contributed by atoms with Crippen LogP contribution in [0.25, 0.3) is 0 Å². The van der Waals surface area contributed by atoms with E-state index in [0.29, 0.717) is 5.69 Å². The Hall–Kier alpha value is -1.92. The first-order chi connectivity index (χ1) is 13.7. The maximum atomic E-state index is 9.31. The van der Waals surface area contributed by atoms with E-state index in [-0.39, 0.29) is 18.8 Å². The number of rotatable bonds is 5. The number of hydrogen-bond donors (Lipinski definition) is 2. The molecule has 0 amide bonds. The normalized spacial score (nSPS) is 26.2. The lowest BCUT2D eigenvalue weighted by molar-refractivity contribution is -0.253. The summed E-state index contributed by atoms with van der Waals surface area (Å²) in [6, 6.07) is 15.8. The van der Waals surface area contributed by atoms with Gasteiger partial charge in [0.25, 0.3) is 0 Å². The molecule has 28 heavy (non-hydrogen) atoms. The van der Waals surface area contributed by atoms with Crippen LogP contribution in [0.15, 0.2) is 48.5 Å². The lowest BCUT2D eigenvalue weighted by Gasteiger charge is -2.39. The lowest BCUT2D eigenvalue weighted by atomic mass is 9.99. The van der Waals surface area contributed by atoms with Gasteiger partial charge in [-0.15, -0.1) is 0 Å². The third-order valence-electron chi connectivity index (χ3n) is 5.71. The molecule has 2 saturated heterocycles. The Balaban J connectivity index is 1.54. The van der Waals surface area contributed by atoms with E-state index in [1.54, 1.807) is 0 Å². The van der Waals surface area contributed by atoms with Crippen molar-refractivity contribution >= 4 is 5.69 Å². The second kappa shape index (κ2) is 9.05. The molecule has 0 bridgehead atoms. The number of nitrogen functional groups attached to an aromatic ring is 1. The van der Waals surface area contributed by atoms with Crippen molar-refractivity contribution < 1.29 is 14.6 Å². The second-order valence-corrected chi connectivity index (χ2v) is 7.88. The maximum absolute atomic E-state index is 9.31. The minimum Gasteiger partial charge on any atom is -0.399 e. The van der Waals surface area contributed by atoms with Gasteiger partial charge in [0.15, 0.2) is 6.29 Å². The van der Waals surface area contributed by atoms with Gasteiger partial charge in [-0.3, -0.25) is 0 Å². The van der Waals surface area contributed by atoms with Crippen LogP contribution >= 0.6 is 0 Å². The highest BCUT2D eigenvalue weighted by atomic mass is 16.7. The smallest absolute Gasteiger partial charge is 0.185 e. The Morgan fingerprint density at radius 1 is 0.964 bits per heavy atom. The van der Waals surface area contributed by atoms with Crippen LogP contribution in [0.2, 0.25) is 0 Å². The molecule has 4 rings (SSSR count). The van der Waals surface area contributed by atoms with E-state index in [9.17, 15) is 5.11 Å². The van der Waals surface area contributed by atoms with Gasteiger partial charge in [0.2, 0.25) is 0 Å². The Morgan fingerprint density at radius 2 is 1.75 bits per heavy atom. The van der Waals surface area contributed by atoms with E-state index in [1.807, 2.05) is 36.4 Å². The van der Waals surface area contributed by atoms with E-state index >= 15 is 0 Å². The van der Waals surface area contributed by atoms with Gasteiger partial charge in [0.05, 0.1) is 18.8 Å². The Kier molecular flexibility index (Phi) is 6.27. The maximum Gasteiger partial charge on any atom is 0.185 e. The van der Waals surface area contributed by atoms with Gasteiger partial charge in [0.1, 0.15) is 0 Å². The van der Waals surface area contributed by atoms with Crippen LogP contribution in [0.4, 0.5) is 5.69 Å².